The Morgan fingerprint density at radius 3 is 2.68 bits per heavy atom. The molecule has 2 aliphatic rings. The Balaban J connectivity index is 1.30. The molecule has 0 amide bonds. The molecular weight excluding hydrogens is 568 g/mol. The quantitative estimate of drug-likeness (QED) is 0.271. The minimum absolute atomic E-state index is 0.175. The van der Waals surface area contributed by atoms with Crippen molar-refractivity contribution in [1.29, 1.82) is 0 Å². The molecular formula is C30H32Cl2FN5O3. The van der Waals surface area contributed by atoms with E-state index in [9.17, 15) is 14.3 Å². The first-order valence-corrected chi connectivity index (χ1v) is 14.8. The van der Waals surface area contributed by atoms with Gasteiger partial charge in [0.15, 0.2) is 6.04 Å². The largest absolute Gasteiger partial charge is 0.464 e. The molecule has 1 fully saturated rings. The zero-order valence-corrected chi connectivity index (χ0v) is 24.3. The molecule has 0 aliphatic carbocycles. The molecule has 0 bridgehead atoms. The Labute approximate surface area is 247 Å². The fraction of sp³-hybridized carbons (Fsp3) is 0.433. The number of hydrogen-bond acceptors (Lipinski definition) is 6. The van der Waals surface area contributed by atoms with Crippen molar-refractivity contribution in [3.05, 3.63) is 69.9 Å². The van der Waals surface area contributed by atoms with Crippen molar-refractivity contribution >= 4 is 40.1 Å². The predicted molar refractivity (Wildman–Crippen MR) is 156 cm³/mol. The summed E-state index contributed by atoms with van der Waals surface area (Å²) in [5, 5.41) is 15.6. The van der Waals surface area contributed by atoms with Gasteiger partial charge in [-0.3, -0.25) is 9.58 Å². The van der Waals surface area contributed by atoms with Crippen molar-refractivity contribution in [2.24, 2.45) is 5.92 Å². The molecule has 2 aliphatic heterocycles. The lowest BCUT2D eigenvalue weighted by Gasteiger charge is -2.31. The van der Waals surface area contributed by atoms with E-state index in [-0.39, 0.29) is 26.2 Å². The molecule has 11 heteroatoms. The van der Waals surface area contributed by atoms with E-state index in [2.05, 4.69) is 22.0 Å². The van der Waals surface area contributed by atoms with Crippen LogP contribution in [0.1, 0.15) is 42.8 Å². The topological polar surface area (TPSA) is 85.4 Å². The molecule has 216 valence electrons. The Hall–Kier alpha value is -2.98. The molecule has 1 N–H and O–H groups in total. The second-order valence-corrected chi connectivity index (χ2v) is 11.7. The Morgan fingerprint density at radius 2 is 1.98 bits per heavy atom. The molecule has 2 aromatic carbocycles. The van der Waals surface area contributed by atoms with Crippen LogP contribution in [-0.4, -0.2) is 67.8 Å². The third kappa shape index (κ3) is 5.48. The molecule has 1 unspecified atom stereocenters. The van der Waals surface area contributed by atoms with Gasteiger partial charge in [-0.1, -0.05) is 47.5 Å². The summed E-state index contributed by atoms with van der Waals surface area (Å²) < 4.78 is 22.7. The molecule has 41 heavy (non-hydrogen) atoms. The summed E-state index contributed by atoms with van der Waals surface area (Å²) in [6, 6.07) is 9.05. The van der Waals surface area contributed by atoms with Crippen LogP contribution < -0.4 is 0 Å². The minimum Gasteiger partial charge on any atom is -0.464 e. The highest BCUT2D eigenvalue weighted by molar-refractivity contribution is 6.42. The maximum absolute atomic E-state index is 14.2. The number of nitrogens with zero attached hydrogens (tertiary/aromatic N) is 5. The first-order valence-electron chi connectivity index (χ1n) is 14.0. The van der Waals surface area contributed by atoms with Crippen molar-refractivity contribution in [1.82, 2.24) is 24.2 Å². The van der Waals surface area contributed by atoms with Crippen LogP contribution in [0.15, 0.2) is 42.9 Å². The van der Waals surface area contributed by atoms with Crippen molar-refractivity contribution in [3.63, 3.8) is 0 Å². The number of rotatable bonds is 8. The van der Waals surface area contributed by atoms with Crippen LogP contribution in [-0.2, 0) is 29.0 Å². The summed E-state index contributed by atoms with van der Waals surface area (Å²) in [6.07, 6.45) is 4.42. The highest BCUT2D eigenvalue weighted by atomic mass is 35.5. The SMILES string of the molecule is CCOC(=O)C(c1ncn2c1C[C@@H](F)C2)n1cc2c(Cl)cc(-c3ccc(CN4CCC(CO)CC4)cc3)c(Cl)c2n1. The molecule has 6 rings (SSSR count). The molecule has 0 radical (unpaired) electrons. The van der Waals surface area contributed by atoms with E-state index in [0.717, 1.165) is 43.6 Å². The van der Waals surface area contributed by atoms with Gasteiger partial charge in [-0.05, 0) is 56.0 Å². The maximum Gasteiger partial charge on any atom is 0.337 e. The minimum atomic E-state index is -1.03. The fourth-order valence-corrected chi connectivity index (χ4v) is 6.48. The van der Waals surface area contributed by atoms with Crippen LogP contribution in [0.5, 0.6) is 0 Å². The van der Waals surface area contributed by atoms with E-state index in [0.29, 0.717) is 38.3 Å². The summed E-state index contributed by atoms with van der Waals surface area (Å²) in [5.41, 5.74) is 4.37. The van der Waals surface area contributed by atoms with Crippen LogP contribution in [0.4, 0.5) is 4.39 Å². The standard InChI is InChI=1S/C30H32Cl2FN5O3/c1-2-41-30(40)29(28-25-11-21(33)14-37(25)17-34-28)38-15-23-24(31)12-22(26(32)27(23)35-38)20-5-3-18(4-6-20)13-36-9-7-19(16-39)8-10-36/h3-6,12,15,17,19,21,29,39H,2,7-11,13-14,16H2,1H3/t21-,29?/m1/s1. The smallest absolute Gasteiger partial charge is 0.337 e. The van der Waals surface area contributed by atoms with E-state index in [4.69, 9.17) is 33.0 Å². The maximum atomic E-state index is 14.2. The summed E-state index contributed by atoms with van der Waals surface area (Å²) in [5.74, 6) is -0.123. The van der Waals surface area contributed by atoms with Gasteiger partial charge in [-0.15, -0.1) is 0 Å². The Morgan fingerprint density at radius 1 is 1.22 bits per heavy atom. The van der Waals surface area contributed by atoms with E-state index in [1.54, 1.807) is 24.0 Å². The molecule has 1 saturated heterocycles. The Bertz CT molecular complexity index is 1560. The van der Waals surface area contributed by atoms with Crippen LogP contribution in [0.3, 0.4) is 0 Å². The Kier molecular flexibility index (Phi) is 8.05. The van der Waals surface area contributed by atoms with E-state index >= 15 is 0 Å². The first-order chi connectivity index (χ1) is 19.9. The van der Waals surface area contributed by atoms with Gasteiger partial charge in [0.05, 0.1) is 35.2 Å². The number of piperidine rings is 1. The summed E-state index contributed by atoms with van der Waals surface area (Å²) in [6.45, 7) is 5.21. The average molecular weight is 601 g/mol. The molecule has 2 atom stereocenters. The third-order valence-corrected chi connectivity index (χ3v) is 8.86. The van der Waals surface area contributed by atoms with E-state index in [1.165, 1.54) is 10.2 Å². The number of aliphatic hydroxyl groups is 1. The number of aromatic nitrogens is 4. The number of imidazole rings is 1. The summed E-state index contributed by atoms with van der Waals surface area (Å²) in [4.78, 5) is 20.0. The number of hydrogen-bond donors (Lipinski definition) is 1. The highest BCUT2D eigenvalue weighted by Crippen LogP contribution is 2.39. The van der Waals surface area contributed by atoms with Gasteiger partial charge in [0.1, 0.15) is 11.7 Å². The van der Waals surface area contributed by atoms with Crippen LogP contribution in [0, 0.1) is 5.92 Å². The second-order valence-electron chi connectivity index (χ2n) is 10.9. The lowest BCUT2D eigenvalue weighted by Crippen LogP contribution is -2.34. The average Bonchev–Trinajstić information content (AvgIpc) is 3.68. The number of halogens is 3. The number of carbonyl (C=O) groups excluding carboxylic acids is 1. The number of fused-ring (bicyclic) bond motifs is 2. The van der Waals surface area contributed by atoms with Gasteiger partial charge in [0.2, 0.25) is 0 Å². The molecule has 0 spiro atoms. The van der Waals surface area contributed by atoms with Crippen LogP contribution in [0.2, 0.25) is 10.0 Å². The predicted octanol–water partition coefficient (Wildman–Crippen LogP) is 5.46. The molecule has 8 nitrogen and oxygen atoms in total. The lowest BCUT2D eigenvalue weighted by atomic mass is 9.97. The number of ether oxygens (including phenoxy) is 1. The van der Waals surface area contributed by atoms with E-state index < -0.39 is 18.2 Å². The fourth-order valence-electron chi connectivity index (χ4n) is 5.93. The lowest BCUT2D eigenvalue weighted by molar-refractivity contribution is -0.146. The monoisotopic (exact) mass is 599 g/mol. The second kappa shape index (κ2) is 11.7. The zero-order chi connectivity index (χ0) is 28.7. The van der Waals surface area contributed by atoms with Crippen molar-refractivity contribution < 1.29 is 19.0 Å². The van der Waals surface area contributed by atoms with E-state index in [1.807, 2.05) is 18.2 Å². The normalized spacial score (nSPS) is 18.6. The highest BCUT2D eigenvalue weighted by Gasteiger charge is 2.35. The molecule has 4 heterocycles. The molecule has 2 aromatic heterocycles. The van der Waals surface area contributed by atoms with Gasteiger partial charge >= 0.3 is 5.97 Å². The van der Waals surface area contributed by atoms with Gasteiger partial charge in [0, 0.05) is 42.4 Å². The number of esters is 1. The first kappa shape index (κ1) is 28.2. The van der Waals surface area contributed by atoms with Crippen molar-refractivity contribution in [2.75, 3.05) is 26.3 Å². The summed E-state index contributed by atoms with van der Waals surface area (Å²) in [7, 11) is 0. The number of aliphatic hydroxyl groups excluding tert-OH is 1. The molecule has 4 aromatic rings. The van der Waals surface area contributed by atoms with Crippen LogP contribution >= 0.6 is 23.2 Å². The van der Waals surface area contributed by atoms with Crippen molar-refractivity contribution in [2.45, 2.75) is 51.5 Å². The third-order valence-electron chi connectivity index (χ3n) is 8.16. The molecule has 0 saturated carbocycles. The van der Waals surface area contributed by atoms with Gasteiger partial charge in [0.25, 0.3) is 0 Å². The number of benzene rings is 2. The van der Waals surface area contributed by atoms with Crippen LogP contribution in [0.25, 0.3) is 22.0 Å². The van der Waals surface area contributed by atoms with Gasteiger partial charge in [-0.25, -0.2) is 14.2 Å². The van der Waals surface area contributed by atoms with Crippen molar-refractivity contribution in [3.8, 4) is 11.1 Å². The van der Waals surface area contributed by atoms with Gasteiger partial charge in [-0.2, -0.15) is 5.10 Å². The van der Waals surface area contributed by atoms with Gasteiger partial charge < -0.3 is 14.4 Å². The number of carbonyl (C=O) groups is 1. The zero-order valence-electron chi connectivity index (χ0n) is 22.8. The number of alkyl halides is 1. The number of likely N-dealkylation sites (tertiary alicyclic amines) is 1. The summed E-state index contributed by atoms with van der Waals surface area (Å²) >= 11 is 13.7.